The Balaban J connectivity index is 1.79. The summed E-state index contributed by atoms with van der Waals surface area (Å²) in [5.74, 6) is -0.808. The number of benzene rings is 2. The van der Waals surface area contributed by atoms with E-state index in [0.29, 0.717) is 17.1 Å². The topological polar surface area (TPSA) is 46.2 Å². The van der Waals surface area contributed by atoms with E-state index in [0.717, 1.165) is 5.56 Å². The van der Waals surface area contributed by atoms with Crippen molar-refractivity contribution in [2.45, 2.75) is 19.4 Å². The van der Waals surface area contributed by atoms with Crippen molar-refractivity contribution in [1.82, 2.24) is 5.32 Å². The van der Waals surface area contributed by atoms with Crippen molar-refractivity contribution in [3.8, 4) is 0 Å². The predicted octanol–water partition coefficient (Wildman–Crippen LogP) is 3.76. The number of Topliss-reactive ketones (excluding diaryl/α,β-unsaturated/α-hetero) is 1. The Morgan fingerprint density at radius 2 is 1.68 bits per heavy atom. The Kier molecular flexibility index (Phi) is 5.67. The Morgan fingerprint density at radius 3 is 2.36 bits per heavy atom. The van der Waals surface area contributed by atoms with Gasteiger partial charge < -0.3 is 5.32 Å². The van der Waals surface area contributed by atoms with Gasteiger partial charge in [-0.25, -0.2) is 4.39 Å². The molecular weight excluding hydrogens is 305 g/mol. The van der Waals surface area contributed by atoms with Crippen LogP contribution in [0, 0.1) is 5.82 Å². The summed E-state index contributed by atoms with van der Waals surface area (Å²) in [6.07, 6.45) is 0.167. The number of ketones is 1. The second-order valence-corrected chi connectivity index (χ2v) is 5.21. The highest BCUT2D eigenvalue weighted by atomic mass is 35.5. The van der Waals surface area contributed by atoms with E-state index in [1.165, 1.54) is 24.3 Å². The first kappa shape index (κ1) is 16.2. The van der Waals surface area contributed by atoms with E-state index in [-0.39, 0.29) is 24.5 Å². The fraction of sp³-hybridized carbons (Fsp3) is 0.176. The van der Waals surface area contributed by atoms with Gasteiger partial charge in [-0.05, 0) is 35.9 Å². The second-order valence-electron chi connectivity index (χ2n) is 4.80. The third-order valence-corrected chi connectivity index (χ3v) is 3.55. The minimum Gasteiger partial charge on any atom is -0.352 e. The van der Waals surface area contributed by atoms with Crippen LogP contribution < -0.4 is 5.32 Å². The molecule has 0 aromatic heterocycles. The Bertz CT molecular complexity index is 671. The van der Waals surface area contributed by atoms with Crippen molar-refractivity contribution >= 4 is 23.3 Å². The van der Waals surface area contributed by atoms with E-state index < -0.39 is 5.82 Å². The van der Waals surface area contributed by atoms with Crippen LogP contribution in [-0.2, 0) is 11.3 Å². The van der Waals surface area contributed by atoms with Gasteiger partial charge in [0.2, 0.25) is 5.91 Å². The van der Waals surface area contributed by atoms with E-state index in [1.807, 2.05) is 18.2 Å². The maximum absolute atomic E-state index is 12.8. The standard InChI is InChI=1S/C17H15ClFNO2/c18-15-4-2-1-3-13(15)11-20-17(22)10-9-16(21)12-5-7-14(19)8-6-12/h1-8H,9-11H2,(H,20,22). The summed E-state index contributed by atoms with van der Waals surface area (Å²) < 4.78 is 12.8. The molecule has 0 saturated heterocycles. The minimum atomic E-state index is -0.394. The zero-order chi connectivity index (χ0) is 15.9. The maximum Gasteiger partial charge on any atom is 0.220 e. The number of nitrogens with one attached hydrogen (secondary N) is 1. The van der Waals surface area contributed by atoms with Crippen LogP contribution >= 0.6 is 11.6 Å². The summed E-state index contributed by atoms with van der Waals surface area (Å²) in [7, 11) is 0. The van der Waals surface area contributed by atoms with E-state index in [4.69, 9.17) is 11.6 Å². The molecule has 0 aliphatic heterocycles. The molecule has 0 fully saturated rings. The zero-order valence-electron chi connectivity index (χ0n) is 11.8. The highest BCUT2D eigenvalue weighted by Gasteiger charge is 2.10. The molecule has 1 amide bonds. The number of hydrogen-bond acceptors (Lipinski definition) is 2. The summed E-state index contributed by atoms with van der Waals surface area (Å²) in [4.78, 5) is 23.6. The molecule has 2 aromatic carbocycles. The van der Waals surface area contributed by atoms with Crippen LogP contribution in [-0.4, -0.2) is 11.7 Å². The van der Waals surface area contributed by atoms with Gasteiger partial charge in [-0.2, -0.15) is 0 Å². The Morgan fingerprint density at radius 1 is 1.00 bits per heavy atom. The van der Waals surface area contributed by atoms with Gasteiger partial charge in [0, 0.05) is 30.0 Å². The van der Waals surface area contributed by atoms with E-state index in [2.05, 4.69) is 5.32 Å². The number of amides is 1. The fourth-order valence-electron chi connectivity index (χ4n) is 1.93. The number of hydrogen-bond donors (Lipinski definition) is 1. The van der Waals surface area contributed by atoms with Crippen LogP contribution in [0.4, 0.5) is 4.39 Å². The second kappa shape index (κ2) is 7.71. The third-order valence-electron chi connectivity index (χ3n) is 3.18. The summed E-state index contributed by atoms with van der Waals surface area (Å²) in [6, 6.07) is 12.5. The maximum atomic E-state index is 12.8. The fourth-order valence-corrected chi connectivity index (χ4v) is 2.13. The first-order chi connectivity index (χ1) is 10.6. The molecule has 0 unspecified atom stereocenters. The van der Waals surface area contributed by atoms with Gasteiger partial charge in [0.1, 0.15) is 5.82 Å². The highest BCUT2D eigenvalue weighted by Crippen LogP contribution is 2.14. The number of rotatable bonds is 6. The monoisotopic (exact) mass is 319 g/mol. The van der Waals surface area contributed by atoms with Crippen molar-refractivity contribution in [3.05, 3.63) is 70.5 Å². The molecule has 0 saturated carbocycles. The zero-order valence-corrected chi connectivity index (χ0v) is 12.6. The summed E-state index contributed by atoms with van der Waals surface area (Å²) >= 11 is 5.99. The normalized spacial score (nSPS) is 10.3. The molecule has 3 nitrogen and oxygen atoms in total. The van der Waals surface area contributed by atoms with Crippen molar-refractivity contribution in [1.29, 1.82) is 0 Å². The number of halogens is 2. The van der Waals surface area contributed by atoms with Crippen LogP contribution in [0.25, 0.3) is 0 Å². The highest BCUT2D eigenvalue weighted by molar-refractivity contribution is 6.31. The average molecular weight is 320 g/mol. The van der Waals surface area contributed by atoms with E-state index in [9.17, 15) is 14.0 Å². The molecule has 0 radical (unpaired) electrons. The van der Waals surface area contributed by atoms with Crippen molar-refractivity contribution in [3.63, 3.8) is 0 Å². The van der Waals surface area contributed by atoms with Crippen LogP contribution in [0.5, 0.6) is 0 Å². The molecule has 114 valence electrons. The molecule has 0 heterocycles. The molecule has 0 bridgehead atoms. The lowest BCUT2D eigenvalue weighted by atomic mass is 10.1. The number of carbonyl (C=O) groups excluding carboxylic acids is 2. The lowest BCUT2D eigenvalue weighted by Crippen LogP contribution is -2.23. The SMILES string of the molecule is O=C(CCC(=O)c1ccc(F)cc1)NCc1ccccc1Cl. The number of carbonyl (C=O) groups is 2. The van der Waals surface area contributed by atoms with Gasteiger partial charge in [-0.3, -0.25) is 9.59 Å². The molecule has 2 rings (SSSR count). The van der Waals surface area contributed by atoms with Gasteiger partial charge >= 0.3 is 0 Å². The van der Waals surface area contributed by atoms with Crippen molar-refractivity contribution in [2.75, 3.05) is 0 Å². The van der Waals surface area contributed by atoms with Crippen molar-refractivity contribution < 1.29 is 14.0 Å². The molecule has 5 heteroatoms. The first-order valence-corrected chi connectivity index (χ1v) is 7.23. The third kappa shape index (κ3) is 4.67. The van der Waals surface area contributed by atoms with E-state index >= 15 is 0 Å². The van der Waals surface area contributed by atoms with Gasteiger partial charge in [0.05, 0.1) is 0 Å². The quantitative estimate of drug-likeness (QED) is 0.824. The van der Waals surface area contributed by atoms with Gasteiger partial charge in [0.25, 0.3) is 0 Å². The molecule has 1 N–H and O–H groups in total. The van der Waals surface area contributed by atoms with Gasteiger partial charge in [-0.15, -0.1) is 0 Å². The van der Waals surface area contributed by atoms with Crippen LogP contribution in [0.1, 0.15) is 28.8 Å². The molecule has 0 atom stereocenters. The smallest absolute Gasteiger partial charge is 0.220 e. The first-order valence-electron chi connectivity index (χ1n) is 6.85. The van der Waals surface area contributed by atoms with Crippen LogP contribution in [0.2, 0.25) is 5.02 Å². The lowest BCUT2D eigenvalue weighted by molar-refractivity contribution is -0.121. The lowest BCUT2D eigenvalue weighted by Gasteiger charge is -2.06. The Hall–Kier alpha value is -2.20. The van der Waals surface area contributed by atoms with E-state index in [1.54, 1.807) is 6.07 Å². The minimum absolute atomic E-state index is 0.0833. The molecule has 0 spiro atoms. The largest absolute Gasteiger partial charge is 0.352 e. The summed E-state index contributed by atoms with van der Waals surface area (Å²) in [6.45, 7) is 0.323. The van der Waals surface area contributed by atoms with Gasteiger partial charge in [-0.1, -0.05) is 29.8 Å². The summed E-state index contributed by atoms with van der Waals surface area (Å²) in [5.41, 5.74) is 1.22. The Labute approximate surface area is 133 Å². The van der Waals surface area contributed by atoms with Gasteiger partial charge in [0.15, 0.2) is 5.78 Å². The molecule has 22 heavy (non-hydrogen) atoms. The van der Waals surface area contributed by atoms with Crippen LogP contribution in [0.15, 0.2) is 48.5 Å². The predicted molar refractivity (Wildman–Crippen MR) is 83.3 cm³/mol. The van der Waals surface area contributed by atoms with Crippen LogP contribution in [0.3, 0.4) is 0 Å². The molecular formula is C17H15ClFNO2. The molecule has 0 aliphatic carbocycles. The van der Waals surface area contributed by atoms with Crippen molar-refractivity contribution in [2.24, 2.45) is 0 Å². The molecule has 2 aromatic rings. The molecule has 0 aliphatic rings. The summed E-state index contributed by atoms with van der Waals surface area (Å²) in [5, 5.41) is 3.31. The average Bonchev–Trinajstić information content (AvgIpc) is 2.52.